The summed E-state index contributed by atoms with van der Waals surface area (Å²) in [7, 11) is 3.38. The third-order valence-corrected chi connectivity index (χ3v) is 2.66. The molecule has 5 nitrogen and oxygen atoms in total. The number of benzene rings is 1. The highest BCUT2D eigenvalue weighted by molar-refractivity contribution is 5.77. The first kappa shape index (κ1) is 15.6. The number of aliphatic hydroxyl groups is 1. The standard InChI is InChI=1S/C14H22N2O3/c1-15-8-14(18)16(2)9-13(17)11-19-10-12-6-4-3-5-7-12/h3-7,13,15,17H,8-11H2,1-2H3. The Balaban J connectivity index is 2.20. The second kappa shape index (κ2) is 8.63. The first-order valence-corrected chi connectivity index (χ1v) is 6.31. The number of carbonyl (C=O) groups is 1. The zero-order valence-electron chi connectivity index (χ0n) is 11.5. The van der Waals surface area contributed by atoms with Crippen LogP contribution in [0.2, 0.25) is 0 Å². The van der Waals surface area contributed by atoms with Gasteiger partial charge in [0.15, 0.2) is 0 Å². The lowest BCUT2D eigenvalue weighted by Crippen LogP contribution is -2.40. The van der Waals surface area contributed by atoms with Crippen LogP contribution in [0, 0.1) is 0 Å². The lowest BCUT2D eigenvalue weighted by Gasteiger charge is -2.20. The number of amides is 1. The molecule has 106 valence electrons. The van der Waals surface area contributed by atoms with Crippen LogP contribution in [0.15, 0.2) is 30.3 Å². The third kappa shape index (κ3) is 6.33. The molecule has 0 saturated carbocycles. The molecule has 0 aliphatic heterocycles. The van der Waals surface area contributed by atoms with E-state index in [0.717, 1.165) is 5.56 Å². The molecular weight excluding hydrogens is 244 g/mol. The molecule has 0 spiro atoms. The highest BCUT2D eigenvalue weighted by Gasteiger charge is 2.12. The minimum absolute atomic E-state index is 0.0513. The molecule has 2 N–H and O–H groups in total. The maximum atomic E-state index is 11.5. The summed E-state index contributed by atoms with van der Waals surface area (Å²) in [5.74, 6) is -0.0513. The number of hydrogen-bond donors (Lipinski definition) is 2. The van der Waals surface area contributed by atoms with Crippen LogP contribution in [0.3, 0.4) is 0 Å². The van der Waals surface area contributed by atoms with Crippen molar-refractivity contribution in [2.75, 3.05) is 33.8 Å². The molecule has 1 amide bonds. The summed E-state index contributed by atoms with van der Waals surface area (Å²) in [6.45, 7) is 1.22. The van der Waals surface area contributed by atoms with Gasteiger partial charge in [-0.05, 0) is 12.6 Å². The molecule has 1 atom stereocenters. The Labute approximate surface area is 114 Å². The van der Waals surface area contributed by atoms with Crippen LogP contribution in [0.25, 0.3) is 0 Å². The monoisotopic (exact) mass is 266 g/mol. The molecule has 0 aliphatic carbocycles. The molecule has 0 saturated heterocycles. The zero-order chi connectivity index (χ0) is 14.1. The van der Waals surface area contributed by atoms with Crippen LogP contribution in [0.5, 0.6) is 0 Å². The molecule has 1 rings (SSSR count). The molecule has 1 unspecified atom stereocenters. The summed E-state index contributed by atoms with van der Waals surface area (Å²) in [6.07, 6.45) is -0.672. The van der Waals surface area contributed by atoms with E-state index < -0.39 is 6.10 Å². The van der Waals surface area contributed by atoms with Gasteiger partial charge in [-0.3, -0.25) is 4.79 Å². The topological polar surface area (TPSA) is 61.8 Å². The molecular formula is C14H22N2O3. The Hall–Kier alpha value is -1.43. The van der Waals surface area contributed by atoms with Crippen molar-refractivity contribution >= 4 is 5.91 Å². The highest BCUT2D eigenvalue weighted by atomic mass is 16.5. The van der Waals surface area contributed by atoms with Gasteiger partial charge in [0.05, 0.1) is 25.9 Å². The van der Waals surface area contributed by atoms with Crippen molar-refractivity contribution in [1.29, 1.82) is 0 Å². The number of ether oxygens (including phenoxy) is 1. The SMILES string of the molecule is CNCC(=O)N(C)CC(O)COCc1ccccc1. The maximum Gasteiger partial charge on any atom is 0.236 e. The fraction of sp³-hybridized carbons (Fsp3) is 0.500. The molecule has 0 fully saturated rings. The number of carbonyl (C=O) groups excluding carboxylic acids is 1. The van der Waals surface area contributed by atoms with Crippen molar-refractivity contribution in [3.63, 3.8) is 0 Å². The maximum absolute atomic E-state index is 11.5. The summed E-state index contributed by atoms with van der Waals surface area (Å²) in [5, 5.41) is 12.6. The second-order valence-corrected chi connectivity index (χ2v) is 4.46. The van der Waals surface area contributed by atoms with Gasteiger partial charge >= 0.3 is 0 Å². The molecule has 5 heteroatoms. The van der Waals surface area contributed by atoms with Crippen molar-refractivity contribution < 1.29 is 14.6 Å². The van der Waals surface area contributed by atoms with Crippen molar-refractivity contribution in [3.8, 4) is 0 Å². The molecule has 0 radical (unpaired) electrons. The lowest BCUT2D eigenvalue weighted by atomic mass is 10.2. The molecule has 0 heterocycles. The first-order chi connectivity index (χ1) is 9.13. The van der Waals surface area contributed by atoms with Gasteiger partial charge in [-0.2, -0.15) is 0 Å². The number of nitrogens with one attached hydrogen (secondary N) is 1. The third-order valence-electron chi connectivity index (χ3n) is 2.66. The largest absolute Gasteiger partial charge is 0.389 e. The first-order valence-electron chi connectivity index (χ1n) is 6.31. The number of rotatable bonds is 8. The van der Waals surface area contributed by atoms with Gasteiger partial charge in [-0.1, -0.05) is 30.3 Å². The van der Waals surface area contributed by atoms with Crippen molar-refractivity contribution in [2.45, 2.75) is 12.7 Å². The van der Waals surface area contributed by atoms with E-state index in [1.165, 1.54) is 4.90 Å². The van der Waals surface area contributed by atoms with E-state index in [2.05, 4.69) is 5.32 Å². The summed E-state index contributed by atoms with van der Waals surface area (Å²) >= 11 is 0. The quantitative estimate of drug-likeness (QED) is 0.707. The molecule has 0 aliphatic rings. The predicted molar refractivity (Wildman–Crippen MR) is 73.7 cm³/mol. The van der Waals surface area contributed by atoms with E-state index in [4.69, 9.17) is 4.74 Å². The molecule has 1 aromatic carbocycles. The molecule has 0 bridgehead atoms. The predicted octanol–water partition coefficient (Wildman–Crippen LogP) is 0.242. The Kier molecular flexibility index (Phi) is 7.10. The number of likely N-dealkylation sites (N-methyl/N-ethyl adjacent to an activating group) is 2. The van der Waals surface area contributed by atoms with Crippen LogP contribution in [-0.4, -0.2) is 55.8 Å². The van der Waals surface area contributed by atoms with E-state index >= 15 is 0 Å². The second-order valence-electron chi connectivity index (χ2n) is 4.46. The van der Waals surface area contributed by atoms with Crippen LogP contribution < -0.4 is 5.32 Å². The Morgan fingerprint density at radius 3 is 2.74 bits per heavy atom. The van der Waals surface area contributed by atoms with Crippen molar-refractivity contribution in [2.24, 2.45) is 0 Å². The normalized spacial score (nSPS) is 12.2. The summed E-state index contributed by atoms with van der Waals surface area (Å²) in [6, 6.07) is 9.77. The summed E-state index contributed by atoms with van der Waals surface area (Å²) in [4.78, 5) is 13.0. The average molecular weight is 266 g/mol. The number of hydrogen-bond acceptors (Lipinski definition) is 4. The zero-order valence-corrected chi connectivity index (χ0v) is 11.5. The van der Waals surface area contributed by atoms with E-state index in [1.807, 2.05) is 30.3 Å². The van der Waals surface area contributed by atoms with E-state index in [1.54, 1.807) is 14.1 Å². The van der Waals surface area contributed by atoms with Gasteiger partial charge in [-0.25, -0.2) is 0 Å². The lowest BCUT2D eigenvalue weighted by molar-refractivity contribution is -0.130. The van der Waals surface area contributed by atoms with Gasteiger partial charge in [0.2, 0.25) is 5.91 Å². The van der Waals surface area contributed by atoms with Crippen LogP contribution in [0.4, 0.5) is 0 Å². The van der Waals surface area contributed by atoms with Gasteiger partial charge in [0.25, 0.3) is 0 Å². The molecule has 19 heavy (non-hydrogen) atoms. The van der Waals surface area contributed by atoms with Gasteiger partial charge < -0.3 is 20.1 Å². The Morgan fingerprint density at radius 1 is 1.42 bits per heavy atom. The van der Waals surface area contributed by atoms with Crippen LogP contribution in [-0.2, 0) is 16.1 Å². The fourth-order valence-electron chi connectivity index (χ4n) is 1.64. The van der Waals surface area contributed by atoms with Crippen molar-refractivity contribution in [3.05, 3.63) is 35.9 Å². The van der Waals surface area contributed by atoms with Gasteiger partial charge in [0, 0.05) is 13.6 Å². The number of nitrogens with zero attached hydrogens (tertiary/aromatic N) is 1. The Morgan fingerprint density at radius 2 is 2.11 bits per heavy atom. The van der Waals surface area contributed by atoms with E-state index in [0.29, 0.717) is 6.61 Å². The van der Waals surface area contributed by atoms with Crippen LogP contribution in [0.1, 0.15) is 5.56 Å². The Bertz CT molecular complexity index is 370. The van der Waals surface area contributed by atoms with Gasteiger partial charge in [0.1, 0.15) is 0 Å². The van der Waals surface area contributed by atoms with Crippen LogP contribution >= 0.6 is 0 Å². The minimum atomic E-state index is -0.672. The van der Waals surface area contributed by atoms with Gasteiger partial charge in [-0.15, -0.1) is 0 Å². The summed E-state index contributed by atoms with van der Waals surface area (Å²) < 4.78 is 5.42. The number of aliphatic hydroxyl groups excluding tert-OH is 1. The average Bonchev–Trinajstić information content (AvgIpc) is 2.40. The molecule has 1 aromatic rings. The van der Waals surface area contributed by atoms with E-state index in [9.17, 15) is 9.90 Å². The highest BCUT2D eigenvalue weighted by Crippen LogP contribution is 2.01. The minimum Gasteiger partial charge on any atom is -0.389 e. The summed E-state index contributed by atoms with van der Waals surface area (Å²) in [5.41, 5.74) is 1.06. The van der Waals surface area contributed by atoms with Crippen molar-refractivity contribution in [1.82, 2.24) is 10.2 Å². The van der Waals surface area contributed by atoms with E-state index in [-0.39, 0.29) is 25.6 Å². The smallest absolute Gasteiger partial charge is 0.236 e. The molecule has 0 aromatic heterocycles. The fourth-order valence-corrected chi connectivity index (χ4v) is 1.64.